The first-order chi connectivity index (χ1) is 4.48. The molecule has 10 heavy (non-hydrogen) atoms. The SMILES string of the molecule is CCC(C)(C)NCC(=O)O. The summed E-state index contributed by atoms with van der Waals surface area (Å²) in [6.45, 7) is 6.03. The Morgan fingerprint density at radius 3 is 2.40 bits per heavy atom. The summed E-state index contributed by atoms with van der Waals surface area (Å²) in [5.41, 5.74) is -0.0572. The molecule has 0 aliphatic carbocycles. The fourth-order valence-corrected chi connectivity index (χ4v) is 0.440. The van der Waals surface area contributed by atoms with Crippen molar-refractivity contribution in [2.75, 3.05) is 6.54 Å². The Morgan fingerprint density at radius 2 is 2.10 bits per heavy atom. The second kappa shape index (κ2) is 3.56. The lowest BCUT2D eigenvalue weighted by molar-refractivity contribution is -0.136. The molecule has 0 atom stereocenters. The quantitative estimate of drug-likeness (QED) is 0.616. The van der Waals surface area contributed by atoms with E-state index in [1.165, 1.54) is 0 Å². The Bertz CT molecular complexity index is 121. The lowest BCUT2D eigenvalue weighted by Gasteiger charge is -2.22. The average Bonchev–Trinajstić information content (AvgIpc) is 1.85. The highest BCUT2D eigenvalue weighted by Gasteiger charge is 2.14. The van der Waals surface area contributed by atoms with Gasteiger partial charge < -0.3 is 10.4 Å². The molecule has 0 aromatic carbocycles. The van der Waals surface area contributed by atoms with E-state index in [1.54, 1.807) is 0 Å². The zero-order valence-corrected chi connectivity index (χ0v) is 6.77. The molecule has 0 aliphatic heterocycles. The van der Waals surface area contributed by atoms with Crippen molar-refractivity contribution in [2.45, 2.75) is 32.7 Å². The Kier molecular flexibility index (Phi) is 3.36. The molecule has 3 heteroatoms. The number of hydrogen-bond donors (Lipinski definition) is 2. The van der Waals surface area contributed by atoms with E-state index in [2.05, 4.69) is 5.32 Å². The van der Waals surface area contributed by atoms with Crippen LogP contribution in [0.4, 0.5) is 0 Å². The van der Waals surface area contributed by atoms with Crippen LogP contribution in [0.25, 0.3) is 0 Å². The minimum Gasteiger partial charge on any atom is -0.480 e. The van der Waals surface area contributed by atoms with Crippen molar-refractivity contribution in [2.24, 2.45) is 0 Å². The maximum absolute atomic E-state index is 10.1. The molecule has 0 aromatic rings. The van der Waals surface area contributed by atoms with Gasteiger partial charge in [-0.2, -0.15) is 0 Å². The van der Waals surface area contributed by atoms with E-state index in [0.29, 0.717) is 0 Å². The van der Waals surface area contributed by atoms with Crippen molar-refractivity contribution in [1.82, 2.24) is 5.32 Å². The van der Waals surface area contributed by atoms with Crippen molar-refractivity contribution >= 4 is 5.97 Å². The third-order valence-electron chi connectivity index (χ3n) is 1.60. The second-order valence-corrected chi connectivity index (χ2v) is 2.98. The van der Waals surface area contributed by atoms with Gasteiger partial charge in [-0.3, -0.25) is 4.79 Å². The maximum Gasteiger partial charge on any atom is 0.317 e. The van der Waals surface area contributed by atoms with Gasteiger partial charge in [-0.1, -0.05) is 6.92 Å². The van der Waals surface area contributed by atoms with Crippen LogP contribution in [0.3, 0.4) is 0 Å². The molecule has 0 radical (unpaired) electrons. The van der Waals surface area contributed by atoms with E-state index in [9.17, 15) is 4.79 Å². The largest absolute Gasteiger partial charge is 0.480 e. The molecule has 0 aromatic heterocycles. The fraction of sp³-hybridized carbons (Fsp3) is 0.857. The van der Waals surface area contributed by atoms with Gasteiger partial charge in [0.15, 0.2) is 0 Å². The molecule has 0 unspecified atom stereocenters. The second-order valence-electron chi connectivity index (χ2n) is 2.98. The van der Waals surface area contributed by atoms with Gasteiger partial charge in [-0.05, 0) is 20.3 Å². The predicted molar refractivity (Wildman–Crippen MR) is 40.0 cm³/mol. The Morgan fingerprint density at radius 1 is 1.60 bits per heavy atom. The zero-order valence-electron chi connectivity index (χ0n) is 6.77. The van der Waals surface area contributed by atoms with Crippen LogP contribution in [-0.4, -0.2) is 23.2 Å². The fourth-order valence-electron chi connectivity index (χ4n) is 0.440. The van der Waals surface area contributed by atoms with E-state index in [-0.39, 0.29) is 12.1 Å². The molecule has 0 rings (SSSR count). The molecule has 60 valence electrons. The molecule has 3 nitrogen and oxygen atoms in total. The topological polar surface area (TPSA) is 49.3 Å². The Balaban J connectivity index is 3.56. The number of carboxylic acids is 1. The minimum atomic E-state index is -0.804. The highest BCUT2D eigenvalue weighted by atomic mass is 16.4. The number of carbonyl (C=O) groups is 1. The monoisotopic (exact) mass is 145 g/mol. The normalized spacial score (nSPS) is 11.5. The van der Waals surface area contributed by atoms with Gasteiger partial charge in [0.05, 0.1) is 6.54 Å². The summed E-state index contributed by atoms with van der Waals surface area (Å²) < 4.78 is 0. The lowest BCUT2D eigenvalue weighted by atomic mass is 10.0. The van der Waals surface area contributed by atoms with Gasteiger partial charge >= 0.3 is 5.97 Å². The number of nitrogens with one attached hydrogen (secondary N) is 1. The molecule has 0 fully saturated rings. The van der Waals surface area contributed by atoms with Crippen molar-refractivity contribution in [3.05, 3.63) is 0 Å². The van der Waals surface area contributed by atoms with Crippen LogP contribution in [0.15, 0.2) is 0 Å². The van der Waals surface area contributed by atoms with E-state index in [0.717, 1.165) is 6.42 Å². The van der Waals surface area contributed by atoms with Crippen LogP contribution in [0.5, 0.6) is 0 Å². The highest BCUT2D eigenvalue weighted by Crippen LogP contribution is 2.05. The number of rotatable bonds is 4. The summed E-state index contributed by atoms with van der Waals surface area (Å²) in [6, 6.07) is 0. The predicted octanol–water partition coefficient (Wildman–Crippen LogP) is 0.849. The first-order valence-corrected chi connectivity index (χ1v) is 3.45. The molecule has 0 aliphatic rings. The van der Waals surface area contributed by atoms with Crippen LogP contribution in [-0.2, 0) is 4.79 Å². The summed E-state index contributed by atoms with van der Waals surface area (Å²) in [7, 11) is 0. The molecule has 2 N–H and O–H groups in total. The smallest absolute Gasteiger partial charge is 0.317 e. The molecular formula is C7H15NO2. The highest BCUT2D eigenvalue weighted by molar-refractivity contribution is 5.69. The van der Waals surface area contributed by atoms with Crippen LogP contribution in [0, 0.1) is 0 Å². The molecular weight excluding hydrogens is 130 g/mol. The molecule has 0 spiro atoms. The van der Waals surface area contributed by atoms with Crippen LogP contribution < -0.4 is 5.32 Å². The lowest BCUT2D eigenvalue weighted by Crippen LogP contribution is -2.41. The Labute approximate surface area is 61.4 Å². The summed E-state index contributed by atoms with van der Waals surface area (Å²) in [4.78, 5) is 10.1. The summed E-state index contributed by atoms with van der Waals surface area (Å²) >= 11 is 0. The zero-order chi connectivity index (χ0) is 8.20. The molecule has 0 bridgehead atoms. The standard InChI is InChI=1S/C7H15NO2/c1-4-7(2,3)8-5-6(9)10/h8H,4-5H2,1-3H3,(H,9,10). The first kappa shape index (κ1) is 9.43. The van der Waals surface area contributed by atoms with Gasteiger partial charge in [0.2, 0.25) is 0 Å². The van der Waals surface area contributed by atoms with Crippen molar-refractivity contribution < 1.29 is 9.90 Å². The molecule has 0 amide bonds. The number of carboxylic acid groups (broad SMARTS) is 1. The first-order valence-electron chi connectivity index (χ1n) is 3.45. The van der Waals surface area contributed by atoms with E-state index >= 15 is 0 Å². The van der Waals surface area contributed by atoms with Gasteiger partial charge in [0.25, 0.3) is 0 Å². The number of hydrogen-bond acceptors (Lipinski definition) is 2. The average molecular weight is 145 g/mol. The Hall–Kier alpha value is -0.570. The molecule has 0 saturated carbocycles. The van der Waals surface area contributed by atoms with Crippen LogP contribution in [0.1, 0.15) is 27.2 Å². The number of aliphatic carboxylic acids is 1. The summed E-state index contributed by atoms with van der Waals surface area (Å²) in [5, 5.41) is 11.2. The van der Waals surface area contributed by atoms with Gasteiger partial charge in [0.1, 0.15) is 0 Å². The van der Waals surface area contributed by atoms with Crippen molar-refractivity contribution in [1.29, 1.82) is 0 Å². The maximum atomic E-state index is 10.1. The van der Waals surface area contributed by atoms with Gasteiger partial charge in [0, 0.05) is 5.54 Å². The van der Waals surface area contributed by atoms with E-state index in [1.807, 2.05) is 20.8 Å². The summed E-state index contributed by atoms with van der Waals surface area (Å²) in [5.74, 6) is -0.804. The summed E-state index contributed by atoms with van der Waals surface area (Å²) in [6.07, 6.45) is 0.931. The van der Waals surface area contributed by atoms with E-state index in [4.69, 9.17) is 5.11 Å². The van der Waals surface area contributed by atoms with Crippen LogP contribution in [0.2, 0.25) is 0 Å². The molecule has 0 heterocycles. The minimum absolute atomic E-state index is 0.0425. The third kappa shape index (κ3) is 4.32. The third-order valence-corrected chi connectivity index (χ3v) is 1.60. The van der Waals surface area contributed by atoms with Crippen LogP contribution >= 0.6 is 0 Å². The van der Waals surface area contributed by atoms with Crippen molar-refractivity contribution in [3.63, 3.8) is 0 Å². The van der Waals surface area contributed by atoms with Crippen molar-refractivity contribution in [3.8, 4) is 0 Å². The van der Waals surface area contributed by atoms with Gasteiger partial charge in [-0.15, -0.1) is 0 Å². The van der Waals surface area contributed by atoms with E-state index < -0.39 is 5.97 Å². The van der Waals surface area contributed by atoms with Gasteiger partial charge in [-0.25, -0.2) is 0 Å². The molecule has 0 saturated heterocycles.